The van der Waals surface area contributed by atoms with Crippen molar-refractivity contribution in [3.05, 3.63) is 12.7 Å². The second-order valence-corrected chi connectivity index (χ2v) is 6.72. The molecule has 0 aromatic heterocycles. The summed E-state index contributed by atoms with van der Waals surface area (Å²) in [6.07, 6.45) is 3.78. The van der Waals surface area contributed by atoms with E-state index in [2.05, 4.69) is 6.58 Å². The smallest absolute Gasteiger partial charge is 0.328 e. The van der Waals surface area contributed by atoms with Gasteiger partial charge in [-0.25, -0.2) is 4.79 Å². The van der Waals surface area contributed by atoms with Crippen LogP contribution < -0.4 is 0 Å². The number of carbonyl (C=O) groups is 4. The van der Waals surface area contributed by atoms with Crippen LogP contribution in [0.1, 0.15) is 39.5 Å². The Hall–Kier alpha value is -2.38. The molecule has 2 saturated heterocycles. The third-order valence-corrected chi connectivity index (χ3v) is 5.33. The number of hydrogen-bond acceptors (Lipinski definition) is 5. The van der Waals surface area contributed by atoms with Crippen molar-refractivity contribution in [1.29, 1.82) is 0 Å². The van der Waals surface area contributed by atoms with Crippen molar-refractivity contribution in [3.63, 3.8) is 0 Å². The first-order valence-corrected chi connectivity index (χ1v) is 9.55. The average molecular weight is 379 g/mol. The summed E-state index contributed by atoms with van der Waals surface area (Å²) in [5.74, 6) is -1.10. The Morgan fingerprint density at radius 3 is 2.44 bits per heavy atom. The zero-order chi connectivity index (χ0) is 20.2. The molecule has 8 heteroatoms. The number of methoxy groups -OCH3 is 1. The van der Waals surface area contributed by atoms with Crippen LogP contribution in [0.4, 0.5) is 0 Å². The molecule has 2 heterocycles. The molecule has 0 bridgehead atoms. The Morgan fingerprint density at radius 1 is 1.22 bits per heavy atom. The van der Waals surface area contributed by atoms with E-state index in [1.807, 2.05) is 13.8 Å². The van der Waals surface area contributed by atoms with Gasteiger partial charge >= 0.3 is 5.97 Å². The van der Waals surface area contributed by atoms with E-state index in [0.29, 0.717) is 38.9 Å². The summed E-state index contributed by atoms with van der Waals surface area (Å²) in [6.45, 7) is 8.62. The van der Waals surface area contributed by atoms with Crippen molar-refractivity contribution in [1.82, 2.24) is 14.7 Å². The number of carbonyl (C=O) groups excluding carboxylic acids is 4. The number of esters is 1. The van der Waals surface area contributed by atoms with E-state index >= 15 is 0 Å². The molecule has 3 amide bonds. The number of piperazine rings is 1. The van der Waals surface area contributed by atoms with Gasteiger partial charge in [-0.3, -0.25) is 14.4 Å². The normalized spacial score (nSPS) is 22.9. The first kappa shape index (κ1) is 20.9. The lowest BCUT2D eigenvalue weighted by atomic mass is 10.1. The second kappa shape index (κ2) is 8.54. The fourth-order valence-corrected chi connectivity index (χ4v) is 3.83. The zero-order valence-electron chi connectivity index (χ0n) is 16.4. The molecule has 3 fully saturated rings. The van der Waals surface area contributed by atoms with Crippen molar-refractivity contribution in [2.75, 3.05) is 33.3 Å². The minimum Gasteiger partial charge on any atom is -0.467 e. The van der Waals surface area contributed by atoms with Gasteiger partial charge < -0.3 is 19.4 Å². The molecule has 150 valence electrons. The fraction of sp³-hybridized carbons (Fsp3) is 0.684. The van der Waals surface area contributed by atoms with Gasteiger partial charge in [0.1, 0.15) is 11.6 Å². The molecule has 3 aliphatic rings. The van der Waals surface area contributed by atoms with Crippen molar-refractivity contribution < 1.29 is 23.9 Å². The highest BCUT2D eigenvalue weighted by Crippen LogP contribution is 2.45. The average Bonchev–Trinajstić information content (AvgIpc) is 3.32. The molecule has 0 aromatic carbocycles. The Labute approximate surface area is 160 Å². The molecule has 1 unspecified atom stereocenters. The molecule has 1 spiro atoms. The van der Waals surface area contributed by atoms with E-state index in [1.165, 1.54) is 23.0 Å². The predicted octanol–water partition coefficient (Wildman–Crippen LogP) is 0.566. The molecule has 3 rings (SSSR count). The lowest BCUT2D eigenvalue weighted by molar-refractivity contribution is -0.156. The van der Waals surface area contributed by atoms with Crippen LogP contribution in [-0.4, -0.2) is 83.3 Å². The molecule has 1 atom stereocenters. The van der Waals surface area contributed by atoms with Gasteiger partial charge in [-0.05, 0) is 31.8 Å². The van der Waals surface area contributed by atoms with Crippen LogP contribution in [-0.2, 0) is 23.9 Å². The summed E-state index contributed by atoms with van der Waals surface area (Å²) in [7, 11) is 1.31. The van der Waals surface area contributed by atoms with Gasteiger partial charge in [0.25, 0.3) is 0 Å². The number of nitrogens with zero attached hydrogens (tertiary/aromatic N) is 3. The number of likely N-dealkylation sites (tertiary alicyclic amines) is 1. The van der Waals surface area contributed by atoms with Crippen molar-refractivity contribution in [2.24, 2.45) is 0 Å². The summed E-state index contributed by atoms with van der Waals surface area (Å²) in [6, 6.07) is -0.564. The molecular weight excluding hydrogens is 350 g/mol. The largest absolute Gasteiger partial charge is 0.467 e. The SMILES string of the molecule is C=CC(=O)N1CCN(CC(=O)N2CCCC2C(=O)OC)C(=O)C12CC2.CC. The van der Waals surface area contributed by atoms with Gasteiger partial charge in [0.05, 0.1) is 13.7 Å². The van der Waals surface area contributed by atoms with Gasteiger partial charge in [-0.2, -0.15) is 0 Å². The minimum atomic E-state index is -0.795. The molecule has 1 aliphatic carbocycles. The number of rotatable bonds is 4. The van der Waals surface area contributed by atoms with Crippen LogP contribution in [0.2, 0.25) is 0 Å². The van der Waals surface area contributed by atoms with Gasteiger partial charge in [0, 0.05) is 19.6 Å². The van der Waals surface area contributed by atoms with Crippen molar-refractivity contribution in [2.45, 2.75) is 51.1 Å². The highest BCUT2D eigenvalue weighted by Gasteiger charge is 2.59. The minimum absolute atomic E-state index is 0.0653. The fourth-order valence-electron chi connectivity index (χ4n) is 3.83. The van der Waals surface area contributed by atoms with Gasteiger partial charge in [0.15, 0.2) is 0 Å². The summed E-state index contributed by atoms with van der Waals surface area (Å²) < 4.78 is 4.75. The maximum atomic E-state index is 12.8. The first-order chi connectivity index (χ1) is 12.9. The Balaban J connectivity index is 0.00000126. The maximum absolute atomic E-state index is 12.8. The maximum Gasteiger partial charge on any atom is 0.328 e. The summed E-state index contributed by atoms with van der Waals surface area (Å²) in [5, 5.41) is 0. The van der Waals surface area contributed by atoms with Gasteiger partial charge in [0.2, 0.25) is 17.7 Å². The summed E-state index contributed by atoms with van der Waals surface area (Å²) >= 11 is 0. The Kier molecular flexibility index (Phi) is 6.62. The van der Waals surface area contributed by atoms with Gasteiger partial charge in [-0.15, -0.1) is 0 Å². The quantitative estimate of drug-likeness (QED) is 0.526. The second-order valence-electron chi connectivity index (χ2n) is 6.72. The van der Waals surface area contributed by atoms with Crippen molar-refractivity contribution in [3.8, 4) is 0 Å². The zero-order valence-corrected chi connectivity index (χ0v) is 16.4. The predicted molar refractivity (Wildman–Crippen MR) is 98.6 cm³/mol. The van der Waals surface area contributed by atoms with E-state index < -0.39 is 17.6 Å². The van der Waals surface area contributed by atoms with Crippen LogP contribution in [0.3, 0.4) is 0 Å². The van der Waals surface area contributed by atoms with Crippen LogP contribution in [0, 0.1) is 0 Å². The lowest BCUT2D eigenvalue weighted by Gasteiger charge is -2.41. The van der Waals surface area contributed by atoms with E-state index in [-0.39, 0.29) is 24.3 Å². The van der Waals surface area contributed by atoms with E-state index in [0.717, 1.165) is 6.42 Å². The molecule has 0 radical (unpaired) electrons. The molecule has 2 aliphatic heterocycles. The summed E-state index contributed by atoms with van der Waals surface area (Å²) in [4.78, 5) is 53.8. The van der Waals surface area contributed by atoms with Crippen LogP contribution in [0.15, 0.2) is 12.7 Å². The van der Waals surface area contributed by atoms with Crippen molar-refractivity contribution >= 4 is 23.7 Å². The highest BCUT2D eigenvalue weighted by molar-refractivity contribution is 5.99. The number of hydrogen-bond donors (Lipinski definition) is 0. The highest BCUT2D eigenvalue weighted by atomic mass is 16.5. The van der Waals surface area contributed by atoms with Gasteiger partial charge in [-0.1, -0.05) is 20.4 Å². The molecule has 1 saturated carbocycles. The van der Waals surface area contributed by atoms with Crippen LogP contribution in [0.5, 0.6) is 0 Å². The molecule has 0 N–H and O–H groups in total. The topological polar surface area (TPSA) is 87.2 Å². The van der Waals surface area contributed by atoms with E-state index in [9.17, 15) is 19.2 Å². The lowest BCUT2D eigenvalue weighted by Crippen LogP contribution is -2.62. The molecular formula is C19H29N3O5. The Morgan fingerprint density at radius 2 is 1.89 bits per heavy atom. The third kappa shape index (κ3) is 3.84. The first-order valence-electron chi connectivity index (χ1n) is 9.55. The summed E-state index contributed by atoms with van der Waals surface area (Å²) in [5.41, 5.74) is -0.795. The van der Waals surface area contributed by atoms with Crippen LogP contribution >= 0.6 is 0 Å². The number of amides is 3. The van der Waals surface area contributed by atoms with Crippen LogP contribution in [0.25, 0.3) is 0 Å². The third-order valence-electron chi connectivity index (χ3n) is 5.33. The number of ether oxygens (including phenoxy) is 1. The standard InChI is InChI=1S/C17H23N3O5.C2H6/c1-3-13(21)20-10-9-18(16(24)17(20)6-7-17)11-14(22)19-8-4-5-12(19)15(23)25-2;1-2/h3,12H,1,4-11H2,2H3;1-2H3. The molecule has 0 aromatic rings. The monoisotopic (exact) mass is 379 g/mol. The molecule has 27 heavy (non-hydrogen) atoms. The molecule has 8 nitrogen and oxygen atoms in total. The van der Waals surface area contributed by atoms with E-state index in [4.69, 9.17) is 4.74 Å². The Bertz CT molecular complexity index is 629. The van der Waals surface area contributed by atoms with E-state index in [1.54, 1.807) is 4.90 Å².